The van der Waals surface area contributed by atoms with E-state index in [1.54, 1.807) is 20.8 Å². The number of carbonyl (C=O) groups excluding carboxylic acids is 3. The van der Waals surface area contributed by atoms with E-state index in [0.717, 1.165) is 0 Å². The molecule has 0 aromatic carbocycles. The van der Waals surface area contributed by atoms with Crippen molar-refractivity contribution < 1.29 is 14.4 Å². The van der Waals surface area contributed by atoms with Gasteiger partial charge >= 0.3 is 0 Å². The van der Waals surface area contributed by atoms with Gasteiger partial charge in [-0.15, -0.1) is 0 Å². The molecular formula is C12H14N4O3. The fourth-order valence-corrected chi connectivity index (χ4v) is 1.75. The molecule has 2 rings (SSSR count). The summed E-state index contributed by atoms with van der Waals surface area (Å²) >= 11 is 0. The molecule has 0 saturated carbocycles. The molecule has 0 aliphatic carbocycles. The van der Waals surface area contributed by atoms with Crippen molar-refractivity contribution in [3.63, 3.8) is 0 Å². The van der Waals surface area contributed by atoms with E-state index in [4.69, 9.17) is 0 Å². The number of aromatic nitrogens is 2. The van der Waals surface area contributed by atoms with Crippen molar-refractivity contribution >= 4 is 17.7 Å². The summed E-state index contributed by atoms with van der Waals surface area (Å²) in [4.78, 5) is 44.6. The normalized spacial score (nSPS) is 18.2. The second-order valence-corrected chi connectivity index (χ2v) is 4.87. The van der Waals surface area contributed by atoms with E-state index in [2.05, 4.69) is 15.3 Å². The molecule has 0 atom stereocenters. The Labute approximate surface area is 110 Å². The van der Waals surface area contributed by atoms with Crippen LogP contribution in [0.2, 0.25) is 0 Å². The zero-order valence-corrected chi connectivity index (χ0v) is 10.9. The van der Waals surface area contributed by atoms with Crippen molar-refractivity contribution in [3.05, 3.63) is 23.8 Å². The van der Waals surface area contributed by atoms with Crippen molar-refractivity contribution in [2.75, 3.05) is 6.54 Å². The predicted molar refractivity (Wildman–Crippen MR) is 65.0 cm³/mol. The van der Waals surface area contributed by atoms with Gasteiger partial charge in [-0.25, -0.2) is 4.98 Å². The maximum absolute atomic E-state index is 12.3. The van der Waals surface area contributed by atoms with Gasteiger partial charge in [0.05, 0.1) is 11.9 Å². The third-order valence-corrected chi connectivity index (χ3v) is 3.03. The number of rotatable bonds is 1. The van der Waals surface area contributed by atoms with Gasteiger partial charge < -0.3 is 4.90 Å². The Morgan fingerprint density at radius 3 is 2.58 bits per heavy atom. The van der Waals surface area contributed by atoms with Gasteiger partial charge in [-0.05, 0) is 20.8 Å². The summed E-state index contributed by atoms with van der Waals surface area (Å²) in [5, 5.41) is 2.21. The molecule has 0 radical (unpaired) electrons. The third-order valence-electron chi connectivity index (χ3n) is 3.03. The Morgan fingerprint density at radius 2 is 2.00 bits per heavy atom. The number of nitrogens with zero attached hydrogens (tertiary/aromatic N) is 3. The summed E-state index contributed by atoms with van der Waals surface area (Å²) in [6.45, 7) is 4.73. The molecule has 7 nitrogen and oxygen atoms in total. The molecule has 7 heteroatoms. The Balaban J connectivity index is 2.33. The van der Waals surface area contributed by atoms with Crippen molar-refractivity contribution in [2.24, 2.45) is 0 Å². The Hall–Kier alpha value is -2.31. The number of carbonyl (C=O) groups is 3. The minimum atomic E-state index is -1.10. The highest BCUT2D eigenvalue weighted by molar-refractivity contribution is 6.08. The van der Waals surface area contributed by atoms with E-state index >= 15 is 0 Å². The van der Waals surface area contributed by atoms with Crippen LogP contribution in [0.25, 0.3) is 0 Å². The van der Waals surface area contributed by atoms with Crippen LogP contribution in [0.15, 0.2) is 12.4 Å². The molecule has 1 aromatic rings. The lowest BCUT2D eigenvalue weighted by Gasteiger charge is -2.39. The Bertz CT molecular complexity index is 551. The predicted octanol–water partition coefficient (Wildman–Crippen LogP) is -0.338. The fourth-order valence-electron chi connectivity index (χ4n) is 1.75. The third kappa shape index (κ3) is 2.31. The van der Waals surface area contributed by atoms with Gasteiger partial charge in [0.1, 0.15) is 17.8 Å². The second-order valence-electron chi connectivity index (χ2n) is 4.87. The first-order chi connectivity index (χ1) is 8.82. The SMILES string of the molecule is Cc1cnc(C(=O)N2CC(=O)NC(=O)C2(C)C)cn1. The van der Waals surface area contributed by atoms with E-state index < -0.39 is 23.3 Å². The lowest BCUT2D eigenvalue weighted by atomic mass is 9.98. The van der Waals surface area contributed by atoms with Crippen LogP contribution in [0.5, 0.6) is 0 Å². The van der Waals surface area contributed by atoms with Gasteiger partial charge in [0.25, 0.3) is 11.8 Å². The quantitative estimate of drug-likeness (QED) is 0.699. The van der Waals surface area contributed by atoms with Crippen molar-refractivity contribution in [2.45, 2.75) is 26.3 Å². The molecule has 3 amide bonds. The van der Waals surface area contributed by atoms with Gasteiger partial charge in [-0.2, -0.15) is 0 Å². The lowest BCUT2D eigenvalue weighted by Crippen LogP contribution is -2.65. The molecule has 1 aromatic heterocycles. The number of hydrogen-bond acceptors (Lipinski definition) is 5. The van der Waals surface area contributed by atoms with E-state index in [9.17, 15) is 14.4 Å². The maximum Gasteiger partial charge on any atom is 0.275 e. The minimum absolute atomic E-state index is 0.112. The van der Waals surface area contributed by atoms with Gasteiger partial charge in [0.15, 0.2) is 0 Å². The lowest BCUT2D eigenvalue weighted by molar-refractivity contribution is -0.143. The molecule has 100 valence electrons. The van der Waals surface area contributed by atoms with E-state index in [1.165, 1.54) is 17.3 Å². The largest absolute Gasteiger partial charge is 0.314 e. The van der Waals surface area contributed by atoms with Crippen molar-refractivity contribution in [3.8, 4) is 0 Å². The number of amides is 3. The van der Waals surface area contributed by atoms with Crippen LogP contribution in [0.1, 0.15) is 30.0 Å². The Kier molecular flexibility index (Phi) is 3.05. The highest BCUT2D eigenvalue weighted by Crippen LogP contribution is 2.20. The van der Waals surface area contributed by atoms with Crippen LogP contribution >= 0.6 is 0 Å². The van der Waals surface area contributed by atoms with Gasteiger partial charge in [-0.3, -0.25) is 24.7 Å². The topological polar surface area (TPSA) is 92.3 Å². The summed E-state index contributed by atoms with van der Waals surface area (Å²) in [6, 6.07) is 0. The molecule has 1 aliphatic heterocycles. The number of imide groups is 1. The standard InChI is InChI=1S/C12H14N4O3/c1-7-4-14-8(5-13-7)10(18)16-6-9(17)15-11(19)12(16,2)3/h4-5H,6H2,1-3H3,(H,15,17,19). The van der Waals surface area contributed by atoms with Crippen molar-refractivity contribution in [1.82, 2.24) is 20.2 Å². The van der Waals surface area contributed by atoms with Crippen LogP contribution in [0.4, 0.5) is 0 Å². The number of hydrogen-bond donors (Lipinski definition) is 1. The molecule has 1 saturated heterocycles. The van der Waals surface area contributed by atoms with Crippen LogP contribution in [0.3, 0.4) is 0 Å². The molecule has 0 spiro atoms. The van der Waals surface area contributed by atoms with Gasteiger partial charge in [-0.1, -0.05) is 0 Å². The van der Waals surface area contributed by atoms with Crippen LogP contribution < -0.4 is 5.32 Å². The monoisotopic (exact) mass is 262 g/mol. The zero-order chi connectivity index (χ0) is 14.2. The molecule has 19 heavy (non-hydrogen) atoms. The van der Waals surface area contributed by atoms with Gasteiger partial charge in [0.2, 0.25) is 5.91 Å². The first-order valence-corrected chi connectivity index (χ1v) is 5.77. The molecule has 1 aliphatic rings. The van der Waals surface area contributed by atoms with E-state index in [1.807, 2.05) is 0 Å². The average Bonchev–Trinajstić information content (AvgIpc) is 2.34. The average molecular weight is 262 g/mol. The summed E-state index contributed by atoms with van der Waals surface area (Å²) < 4.78 is 0. The molecule has 1 N–H and O–H groups in total. The second kappa shape index (κ2) is 4.42. The number of nitrogens with one attached hydrogen (secondary N) is 1. The maximum atomic E-state index is 12.3. The molecular weight excluding hydrogens is 248 g/mol. The summed E-state index contributed by atoms with van der Waals surface area (Å²) in [7, 11) is 0. The molecule has 0 unspecified atom stereocenters. The first-order valence-electron chi connectivity index (χ1n) is 5.77. The zero-order valence-electron chi connectivity index (χ0n) is 10.9. The van der Waals surface area contributed by atoms with Gasteiger partial charge in [0, 0.05) is 6.20 Å². The highest BCUT2D eigenvalue weighted by atomic mass is 16.2. The van der Waals surface area contributed by atoms with Crippen LogP contribution in [0, 0.1) is 6.92 Å². The molecule has 2 heterocycles. The molecule has 0 bridgehead atoms. The summed E-state index contributed by atoms with van der Waals surface area (Å²) in [5.41, 5.74) is -0.304. The smallest absolute Gasteiger partial charge is 0.275 e. The number of aryl methyl sites for hydroxylation is 1. The minimum Gasteiger partial charge on any atom is -0.314 e. The van der Waals surface area contributed by atoms with Crippen LogP contribution in [-0.2, 0) is 9.59 Å². The summed E-state index contributed by atoms with van der Waals surface area (Å²) in [6.07, 6.45) is 2.80. The Morgan fingerprint density at radius 1 is 1.32 bits per heavy atom. The van der Waals surface area contributed by atoms with Crippen molar-refractivity contribution in [1.29, 1.82) is 0 Å². The highest BCUT2D eigenvalue weighted by Gasteiger charge is 2.44. The first kappa shape index (κ1) is 13.1. The van der Waals surface area contributed by atoms with E-state index in [0.29, 0.717) is 5.69 Å². The van der Waals surface area contributed by atoms with Crippen LogP contribution in [-0.4, -0.2) is 44.7 Å². The summed E-state index contributed by atoms with van der Waals surface area (Å²) in [5.74, 6) is -1.49. The number of piperazine rings is 1. The molecule has 1 fully saturated rings. The fraction of sp³-hybridized carbons (Fsp3) is 0.417. The van der Waals surface area contributed by atoms with E-state index in [-0.39, 0.29) is 12.2 Å².